The number of hydrogen-bond acceptors (Lipinski definition) is 3. The number of rotatable bonds is 8. The summed E-state index contributed by atoms with van der Waals surface area (Å²) in [5.74, 6) is -1.64. The molecule has 0 aliphatic carbocycles. The third-order valence-electron chi connectivity index (χ3n) is 4.13. The minimum atomic E-state index is -1.04. The lowest BCUT2D eigenvalue weighted by Crippen LogP contribution is -2.43. The minimum Gasteiger partial charge on any atom is -0.480 e. The molecule has 0 spiro atoms. The van der Waals surface area contributed by atoms with Gasteiger partial charge >= 0.3 is 5.97 Å². The highest BCUT2D eigenvalue weighted by atomic mass is 32.1. The van der Waals surface area contributed by atoms with Gasteiger partial charge in [-0.3, -0.25) is 9.59 Å². The van der Waals surface area contributed by atoms with Gasteiger partial charge in [0.2, 0.25) is 5.91 Å². The van der Waals surface area contributed by atoms with Crippen molar-refractivity contribution in [3.63, 3.8) is 0 Å². The van der Waals surface area contributed by atoms with Gasteiger partial charge in [0.1, 0.15) is 6.54 Å². The topological polar surface area (TPSA) is 57.6 Å². The van der Waals surface area contributed by atoms with Crippen LogP contribution in [0.5, 0.6) is 0 Å². The lowest BCUT2D eigenvalue weighted by Gasteiger charge is -2.29. The highest BCUT2D eigenvalue weighted by Crippen LogP contribution is 2.25. The van der Waals surface area contributed by atoms with E-state index >= 15 is 0 Å². The molecular formula is C20H23NO3S. The molecule has 2 aromatic carbocycles. The number of nitrogens with zero attached hydrogens (tertiary/aromatic N) is 1. The highest BCUT2D eigenvalue weighted by molar-refractivity contribution is 7.81. The van der Waals surface area contributed by atoms with Crippen LogP contribution in [-0.4, -0.2) is 28.8 Å². The monoisotopic (exact) mass is 357 g/mol. The molecule has 4 nitrogen and oxygen atoms in total. The zero-order valence-electron chi connectivity index (χ0n) is 14.2. The van der Waals surface area contributed by atoms with Crippen molar-refractivity contribution in [3.05, 3.63) is 66.2 Å². The van der Waals surface area contributed by atoms with E-state index in [1.54, 1.807) is 24.3 Å². The Hall–Kier alpha value is -2.27. The van der Waals surface area contributed by atoms with Crippen LogP contribution in [0.25, 0.3) is 0 Å². The number of hydrogen-bond donors (Lipinski definition) is 2. The maximum Gasteiger partial charge on any atom is 0.323 e. The average molecular weight is 357 g/mol. The number of thiol groups is 1. The van der Waals surface area contributed by atoms with Crippen LogP contribution in [-0.2, 0) is 16.0 Å². The minimum absolute atomic E-state index is 0.146. The Balaban J connectivity index is 2.32. The first-order valence-electron chi connectivity index (χ1n) is 8.33. The largest absolute Gasteiger partial charge is 0.480 e. The van der Waals surface area contributed by atoms with Crippen molar-refractivity contribution in [2.24, 2.45) is 5.92 Å². The SMILES string of the molecule is CCC(S)C(Cc1ccccc1)C(=O)N(CC(=O)O)c1ccccc1. The van der Waals surface area contributed by atoms with Gasteiger partial charge in [0, 0.05) is 10.9 Å². The van der Waals surface area contributed by atoms with Crippen molar-refractivity contribution in [1.82, 2.24) is 0 Å². The number of carbonyl (C=O) groups excluding carboxylic acids is 1. The van der Waals surface area contributed by atoms with Gasteiger partial charge < -0.3 is 10.0 Å². The van der Waals surface area contributed by atoms with Crippen molar-refractivity contribution >= 4 is 30.2 Å². The van der Waals surface area contributed by atoms with E-state index < -0.39 is 11.9 Å². The van der Waals surface area contributed by atoms with Gasteiger partial charge in [-0.25, -0.2) is 0 Å². The normalized spacial score (nSPS) is 13.0. The summed E-state index contributed by atoms with van der Waals surface area (Å²) < 4.78 is 0. The lowest BCUT2D eigenvalue weighted by molar-refractivity contribution is -0.137. The molecule has 2 unspecified atom stereocenters. The van der Waals surface area contributed by atoms with Gasteiger partial charge in [-0.05, 0) is 30.5 Å². The Bertz CT molecular complexity index is 691. The molecule has 2 aromatic rings. The van der Waals surface area contributed by atoms with Crippen molar-refractivity contribution < 1.29 is 14.7 Å². The van der Waals surface area contributed by atoms with E-state index in [9.17, 15) is 14.7 Å². The van der Waals surface area contributed by atoms with Crippen LogP contribution in [0.4, 0.5) is 5.69 Å². The number of carbonyl (C=O) groups is 2. The fourth-order valence-electron chi connectivity index (χ4n) is 2.78. The molecule has 132 valence electrons. The van der Waals surface area contributed by atoms with E-state index in [-0.39, 0.29) is 17.7 Å². The van der Waals surface area contributed by atoms with Crippen molar-refractivity contribution in [2.75, 3.05) is 11.4 Å². The third kappa shape index (κ3) is 5.36. The molecule has 0 fully saturated rings. The number of benzene rings is 2. The number of amides is 1. The molecule has 0 aliphatic heterocycles. The van der Waals surface area contributed by atoms with E-state index in [1.165, 1.54) is 4.90 Å². The zero-order chi connectivity index (χ0) is 18.2. The Morgan fingerprint density at radius 3 is 2.12 bits per heavy atom. The van der Waals surface area contributed by atoms with Crippen LogP contribution < -0.4 is 4.90 Å². The predicted molar refractivity (Wildman–Crippen MR) is 103 cm³/mol. The third-order valence-corrected chi connectivity index (χ3v) is 4.85. The molecule has 5 heteroatoms. The summed E-state index contributed by atoms with van der Waals surface area (Å²) in [6, 6.07) is 18.7. The van der Waals surface area contributed by atoms with Crippen LogP contribution in [0.15, 0.2) is 60.7 Å². The van der Waals surface area contributed by atoms with Gasteiger partial charge in [0.15, 0.2) is 0 Å². The van der Waals surface area contributed by atoms with E-state index in [2.05, 4.69) is 12.6 Å². The summed E-state index contributed by atoms with van der Waals surface area (Å²) in [5.41, 5.74) is 1.63. The molecule has 1 amide bonds. The van der Waals surface area contributed by atoms with Crippen LogP contribution in [0.2, 0.25) is 0 Å². The first-order valence-corrected chi connectivity index (χ1v) is 8.84. The predicted octanol–water partition coefficient (Wildman–Crippen LogP) is 3.67. The maximum absolute atomic E-state index is 13.2. The molecule has 2 rings (SSSR count). The molecule has 0 heterocycles. The Morgan fingerprint density at radius 1 is 1.04 bits per heavy atom. The van der Waals surface area contributed by atoms with Gasteiger partial charge in [-0.2, -0.15) is 12.6 Å². The zero-order valence-corrected chi connectivity index (χ0v) is 15.1. The quantitative estimate of drug-likeness (QED) is 0.709. The first-order chi connectivity index (χ1) is 12.0. The summed E-state index contributed by atoms with van der Waals surface area (Å²) in [4.78, 5) is 25.8. The second-order valence-electron chi connectivity index (χ2n) is 5.93. The standard InChI is InChI=1S/C20H23NO3S/c1-2-18(25)17(13-15-9-5-3-6-10-15)20(24)21(14-19(22)23)16-11-7-4-8-12-16/h3-12,17-18,25H,2,13-14H2,1H3,(H,22,23). The van der Waals surface area contributed by atoms with E-state index in [1.807, 2.05) is 43.3 Å². The average Bonchev–Trinajstić information content (AvgIpc) is 2.64. The molecule has 1 N–H and O–H groups in total. The Labute approximate surface area is 153 Å². The molecule has 2 atom stereocenters. The Morgan fingerprint density at radius 2 is 1.60 bits per heavy atom. The number of para-hydroxylation sites is 1. The van der Waals surface area contributed by atoms with Crippen LogP contribution in [0.3, 0.4) is 0 Å². The second-order valence-corrected chi connectivity index (χ2v) is 6.59. The van der Waals surface area contributed by atoms with Crippen molar-refractivity contribution in [1.29, 1.82) is 0 Å². The van der Waals surface area contributed by atoms with Gasteiger partial charge in [-0.1, -0.05) is 55.5 Å². The number of anilines is 1. The first kappa shape index (κ1) is 19.1. The summed E-state index contributed by atoms with van der Waals surface area (Å²) in [5, 5.41) is 9.10. The molecule has 0 bridgehead atoms. The maximum atomic E-state index is 13.2. The molecule has 0 radical (unpaired) electrons. The van der Waals surface area contributed by atoms with Gasteiger partial charge in [-0.15, -0.1) is 0 Å². The number of carboxylic acid groups (broad SMARTS) is 1. The van der Waals surface area contributed by atoms with E-state index in [4.69, 9.17) is 0 Å². The summed E-state index contributed by atoms with van der Waals surface area (Å²) in [6.07, 6.45) is 1.26. The van der Waals surface area contributed by atoms with Crippen LogP contribution in [0, 0.1) is 5.92 Å². The van der Waals surface area contributed by atoms with Gasteiger partial charge in [0.05, 0.1) is 5.92 Å². The smallest absolute Gasteiger partial charge is 0.323 e. The fourth-order valence-corrected chi connectivity index (χ4v) is 3.01. The van der Waals surface area contributed by atoms with Gasteiger partial charge in [0.25, 0.3) is 0 Å². The fraction of sp³-hybridized carbons (Fsp3) is 0.300. The highest BCUT2D eigenvalue weighted by Gasteiger charge is 2.31. The van der Waals surface area contributed by atoms with E-state index in [0.717, 1.165) is 12.0 Å². The lowest BCUT2D eigenvalue weighted by atomic mass is 9.92. The summed E-state index contributed by atoms with van der Waals surface area (Å²) >= 11 is 4.60. The number of carboxylic acids is 1. The molecule has 25 heavy (non-hydrogen) atoms. The van der Waals surface area contributed by atoms with E-state index in [0.29, 0.717) is 12.1 Å². The molecular weight excluding hydrogens is 334 g/mol. The Kier molecular flexibility index (Phi) is 7.07. The molecule has 0 aliphatic rings. The van der Waals surface area contributed by atoms with Crippen LogP contribution >= 0.6 is 12.6 Å². The summed E-state index contributed by atoms with van der Waals surface area (Å²) in [7, 11) is 0. The van der Waals surface area contributed by atoms with Crippen molar-refractivity contribution in [3.8, 4) is 0 Å². The second kappa shape index (κ2) is 9.28. The molecule has 0 saturated carbocycles. The van der Waals surface area contributed by atoms with Crippen molar-refractivity contribution in [2.45, 2.75) is 25.0 Å². The number of aliphatic carboxylic acids is 1. The molecule has 0 aromatic heterocycles. The summed E-state index contributed by atoms with van der Waals surface area (Å²) in [6.45, 7) is 1.62. The van der Waals surface area contributed by atoms with Crippen LogP contribution in [0.1, 0.15) is 18.9 Å². The molecule has 0 saturated heterocycles.